The lowest BCUT2D eigenvalue weighted by molar-refractivity contribution is 0.157. The van der Waals surface area contributed by atoms with Crippen LogP contribution in [0.4, 0.5) is 0 Å². The van der Waals surface area contributed by atoms with Crippen molar-refractivity contribution < 1.29 is 18.3 Å². The van der Waals surface area contributed by atoms with Gasteiger partial charge < -0.3 is 9.84 Å². The molecule has 1 rings (SSSR count). The van der Waals surface area contributed by atoms with Crippen molar-refractivity contribution in [3.63, 3.8) is 0 Å². The van der Waals surface area contributed by atoms with Crippen molar-refractivity contribution in [1.29, 1.82) is 0 Å². The van der Waals surface area contributed by atoms with Crippen molar-refractivity contribution in [2.75, 3.05) is 13.7 Å². The highest BCUT2D eigenvalue weighted by atomic mass is 32.2. The molecule has 0 spiro atoms. The Morgan fingerprint density at radius 1 is 1.37 bits per heavy atom. The average molecular weight is 287 g/mol. The number of nitrogens with one attached hydrogen (secondary N) is 1. The van der Waals surface area contributed by atoms with Crippen LogP contribution < -0.4 is 4.72 Å². The number of rotatable bonds is 7. The number of methoxy groups -OCH3 is 1. The molecule has 0 amide bonds. The SMILES string of the molecule is COCC(NS(=O)(=O)c1cccc(CO)c1)C(C)C. The van der Waals surface area contributed by atoms with Crippen LogP contribution >= 0.6 is 0 Å². The molecule has 2 N–H and O–H groups in total. The van der Waals surface area contributed by atoms with Crippen LogP contribution in [-0.2, 0) is 21.4 Å². The van der Waals surface area contributed by atoms with Gasteiger partial charge in [0.15, 0.2) is 0 Å². The Balaban J connectivity index is 2.96. The Bertz CT molecular complexity index is 499. The molecular formula is C13H21NO4S. The highest BCUT2D eigenvalue weighted by molar-refractivity contribution is 7.89. The van der Waals surface area contributed by atoms with Gasteiger partial charge in [0.05, 0.1) is 18.1 Å². The lowest BCUT2D eigenvalue weighted by Crippen LogP contribution is -2.41. The number of aliphatic hydroxyl groups excluding tert-OH is 1. The van der Waals surface area contributed by atoms with E-state index in [-0.39, 0.29) is 23.5 Å². The van der Waals surface area contributed by atoms with Gasteiger partial charge in [0.1, 0.15) is 0 Å². The second kappa shape index (κ2) is 7.00. The van der Waals surface area contributed by atoms with Crippen LogP contribution in [0.1, 0.15) is 19.4 Å². The van der Waals surface area contributed by atoms with Gasteiger partial charge in [0.25, 0.3) is 0 Å². The topological polar surface area (TPSA) is 75.6 Å². The van der Waals surface area contributed by atoms with E-state index < -0.39 is 10.0 Å². The fourth-order valence-electron chi connectivity index (χ4n) is 1.62. The first-order chi connectivity index (χ1) is 8.90. The summed E-state index contributed by atoms with van der Waals surface area (Å²) in [5.41, 5.74) is 0.565. The molecule has 0 bridgehead atoms. The fourth-order valence-corrected chi connectivity index (χ4v) is 3.06. The summed E-state index contributed by atoms with van der Waals surface area (Å²) in [4.78, 5) is 0.154. The molecule has 0 aromatic heterocycles. The van der Waals surface area contributed by atoms with Gasteiger partial charge in [-0.15, -0.1) is 0 Å². The molecule has 1 unspecified atom stereocenters. The van der Waals surface area contributed by atoms with Gasteiger partial charge in [-0.25, -0.2) is 13.1 Å². The minimum atomic E-state index is -3.60. The number of sulfonamides is 1. The standard InChI is InChI=1S/C13H21NO4S/c1-10(2)13(9-18-3)14-19(16,17)12-6-4-5-11(7-12)8-15/h4-7,10,13-15H,8-9H2,1-3H3. The molecule has 0 aliphatic rings. The predicted molar refractivity (Wildman–Crippen MR) is 73.2 cm³/mol. The van der Waals surface area contributed by atoms with Gasteiger partial charge in [0.2, 0.25) is 10.0 Å². The second-order valence-electron chi connectivity index (χ2n) is 4.73. The first kappa shape index (κ1) is 16.1. The highest BCUT2D eigenvalue weighted by Crippen LogP contribution is 2.14. The molecule has 19 heavy (non-hydrogen) atoms. The first-order valence-corrected chi connectivity index (χ1v) is 7.60. The fraction of sp³-hybridized carbons (Fsp3) is 0.538. The summed E-state index contributed by atoms with van der Waals surface area (Å²) in [7, 11) is -2.06. The van der Waals surface area contributed by atoms with Gasteiger partial charge >= 0.3 is 0 Å². The number of hydrogen-bond donors (Lipinski definition) is 2. The molecule has 0 fully saturated rings. The van der Waals surface area contributed by atoms with E-state index in [9.17, 15) is 8.42 Å². The number of ether oxygens (including phenoxy) is 1. The molecule has 5 nitrogen and oxygen atoms in total. The van der Waals surface area contributed by atoms with Crippen molar-refractivity contribution in [3.8, 4) is 0 Å². The van der Waals surface area contributed by atoms with Crippen molar-refractivity contribution in [2.45, 2.75) is 31.4 Å². The largest absolute Gasteiger partial charge is 0.392 e. The molecule has 0 aliphatic carbocycles. The van der Waals surface area contributed by atoms with Crippen molar-refractivity contribution in [3.05, 3.63) is 29.8 Å². The van der Waals surface area contributed by atoms with Crippen LogP contribution in [0.2, 0.25) is 0 Å². The number of benzene rings is 1. The third-order valence-electron chi connectivity index (χ3n) is 2.85. The van der Waals surface area contributed by atoms with Crippen LogP contribution in [0, 0.1) is 5.92 Å². The zero-order valence-electron chi connectivity index (χ0n) is 11.5. The summed E-state index contributed by atoms with van der Waals surface area (Å²) in [5, 5.41) is 9.05. The van der Waals surface area contributed by atoms with Crippen LogP contribution in [0.15, 0.2) is 29.2 Å². The van der Waals surface area contributed by atoms with E-state index in [1.807, 2.05) is 13.8 Å². The maximum Gasteiger partial charge on any atom is 0.240 e. The molecule has 108 valence electrons. The Morgan fingerprint density at radius 2 is 2.05 bits per heavy atom. The van der Waals surface area contributed by atoms with E-state index in [1.54, 1.807) is 12.1 Å². The molecule has 1 aromatic carbocycles. The Kier molecular flexibility index (Phi) is 5.93. The van der Waals surface area contributed by atoms with Crippen LogP contribution in [0.5, 0.6) is 0 Å². The maximum absolute atomic E-state index is 12.2. The zero-order valence-corrected chi connectivity index (χ0v) is 12.3. The third-order valence-corrected chi connectivity index (χ3v) is 4.34. The summed E-state index contributed by atoms with van der Waals surface area (Å²) in [6.45, 7) is 3.98. The Labute approximate surface area is 114 Å². The van der Waals surface area contributed by atoms with E-state index in [2.05, 4.69) is 4.72 Å². The lowest BCUT2D eigenvalue weighted by Gasteiger charge is -2.21. The second-order valence-corrected chi connectivity index (χ2v) is 6.45. The molecule has 0 aliphatic heterocycles. The van der Waals surface area contributed by atoms with E-state index in [0.29, 0.717) is 12.2 Å². The zero-order chi connectivity index (χ0) is 14.5. The molecule has 1 aromatic rings. The maximum atomic E-state index is 12.2. The molecule has 0 radical (unpaired) electrons. The highest BCUT2D eigenvalue weighted by Gasteiger charge is 2.22. The van der Waals surface area contributed by atoms with Gasteiger partial charge in [-0.05, 0) is 23.6 Å². The summed E-state index contributed by atoms with van der Waals surface area (Å²) in [6.07, 6.45) is 0. The summed E-state index contributed by atoms with van der Waals surface area (Å²) < 4.78 is 32.1. The van der Waals surface area contributed by atoms with Gasteiger partial charge in [-0.1, -0.05) is 26.0 Å². The van der Waals surface area contributed by atoms with Crippen LogP contribution in [0.3, 0.4) is 0 Å². The van der Waals surface area contributed by atoms with E-state index >= 15 is 0 Å². The summed E-state index contributed by atoms with van der Waals surface area (Å²) >= 11 is 0. The Morgan fingerprint density at radius 3 is 2.58 bits per heavy atom. The minimum absolute atomic E-state index is 0.121. The molecule has 6 heteroatoms. The summed E-state index contributed by atoms with van der Waals surface area (Å²) in [5.74, 6) is 0.121. The monoisotopic (exact) mass is 287 g/mol. The smallest absolute Gasteiger partial charge is 0.240 e. The average Bonchev–Trinajstić information content (AvgIpc) is 2.38. The van der Waals surface area contributed by atoms with Crippen LogP contribution in [-0.4, -0.2) is 33.3 Å². The first-order valence-electron chi connectivity index (χ1n) is 6.11. The van der Waals surface area contributed by atoms with Crippen molar-refractivity contribution in [1.82, 2.24) is 4.72 Å². The van der Waals surface area contributed by atoms with Gasteiger partial charge in [-0.3, -0.25) is 0 Å². The minimum Gasteiger partial charge on any atom is -0.392 e. The molecule has 0 saturated carbocycles. The van der Waals surface area contributed by atoms with Crippen LogP contribution in [0.25, 0.3) is 0 Å². The number of hydrogen-bond acceptors (Lipinski definition) is 4. The van der Waals surface area contributed by atoms with E-state index in [1.165, 1.54) is 19.2 Å². The van der Waals surface area contributed by atoms with Crippen molar-refractivity contribution >= 4 is 10.0 Å². The number of aliphatic hydroxyl groups is 1. The van der Waals surface area contributed by atoms with Gasteiger partial charge in [0, 0.05) is 13.2 Å². The van der Waals surface area contributed by atoms with E-state index in [4.69, 9.17) is 9.84 Å². The van der Waals surface area contributed by atoms with E-state index in [0.717, 1.165) is 0 Å². The normalized spacial score (nSPS) is 13.7. The third kappa shape index (κ3) is 4.58. The van der Waals surface area contributed by atoms with Gasteiger partial charge in [-0.2, -0.15) is 0 Å². The molecule has 1 atom stereocenters. The molecular weight excluding hydrogens is 266 g/mol. The quantitative estimate of drug-likeness (QED) is 0.788. The predicted octanol–water partition coefficient (Wildman–Crippen LogP) is 1.13. The lowest BCUT2D eigenvalue weighted by atomic mass is 10.1. The molecule has 0 heterocycles. The summed E-state index contributed by atoms with van der Waals surface area (Å²) in [6, 6.07) is 5.97. The van der Waals surface area contributed by atoms with Crippen molar-refractivity contribution in [2.24, 2.45) is 5.92 Å². The molecule has 0 saturated heterocycles. The Hall–Kier alpha value is -0.950.